The van der Waals surface area contributed by atoms with Crippen LogP contribution in [0.25, 0.3) is 11.1 Å². The minimum Gasteiger partial charge on any atom is -0.459 e. The highest BCUT2D eigenvalue weighted by Crippen LogP contribution is 2.62. The number of amides is 1. The molecule has 5 aromatic rings. The van der Waals surface area contributed by atoms with Crippen molar-refractivity contribution in [2.75, 3.05) is 32.3 Å². The van der Waals surface area contributed by atoms with Crippen LogP contribution in [0.3, 0.4) is 0 Å². The Morgan fingerprint density at radius 3 is 2.25 bits per heavy atom. The first-order valence-electron chi connectivity index (χ1n) is 23.7. The number of oxime groups is 1. The lowest BCUT2D eigenvalue weighted by Gasteiger charge is -2.59. The van der Waals surface area contributed by atoms with Gasteiger partial charge < -0.3 is 34.0 Å². The second kappa shape index (κ2) is 23.4. The third-order valence-corrected chi connectivity index (χ3v) is 13.4. The zero-order chi connectivity index (χ0) is 47.3. The maximum Gasteiger partial charge on any atom is 0.410 e. The van der Waals surface area contributed by atoms with Gasteiger partial charge in [-0.1, -0.05) is 115 Å². The number of ether oxygens (including phenoxy) is 4. The smallest absolute Gasteiger partial charge is 0.410 e. The van der Waals surface area contributed by atoms with Crippen LogP contribution in [0.1, 0.15) is 67.6 Å². The van der Waals surface area contributed by atoms with Gasteiger partial charge in [-0.05, 0) is 108 Å². The summed E-state index contributed by atoms with van der Waals surface area (Å²) >= 11 is 6.11. The van der Waals surface area contributed by atoms with E-state index in [1.54, 1.807) is 23.1 Å². The number of hydrogen-bond acceptors (Lipinski definition) is 9. The molecule has 1 heterocycles. The fourth-order valence-corrected chi connectivity index (χ4v) is 10.3. The zero-order valence-corrected chi connectivity index (χ0v) is 39.0. The van der Waals surface area contributed by atoms with Crippen molar-refractivity contribution in [3.05, 3.63) is 174 Å². The summed E-state index contributed by atoms with van der Waals surface area (Å²) in [5, 5.41) is 25.0. The van der Waals surface area contributed by atoms with Crippen molar-refractivity contribution in [3.63, 3.8) is 0 Å². The molecule has 356 valence electrons. The zero-order valence-electron chi connectivity index (χ0n) is 38.3. The molecule has 0 unspecified atom stereocenters. The predicted octanol–water partition coefficient (Wildman–Crippen LogP) is 12.0. The summed E-state index contributed by atoms with van der Waals surface area (Å²) in [7, 11) is 0. The molecule has 0 aromatic heterocycles. The van der Waals surface area contributed by atoms with Crippen molar-refractivity contribution < 1.29 is 43.2 Å². The minimum absolute atomic E-state index is 0.0114. The third kappa shape index (κ3) is 11.1. The van der Waals surface area contributed by atoms with Gasteiger partial charge in [-0.2, -0.15) is 0 Å². The average Bonchev–Trinajstić information content (AvgIpc) is 3.37. The van der Waals surface area contributed by atoms with E-state index < -0.39 is 29.7 Å². The first-order chi connectivity index (χ1) is 33.3. The summed E-state index contributed by atoms with van der Waals surface area (Å²) in [6, 6.07) is 39.0. The van der Waals surface area contributed by atoms with Crippen molar-refractivity contribution in [1.82, 2.24) is 4.90 Å². The molecule has 3 aliphatic rings. The molecule has 2 aliphatic carbocycles. The van der Waals surface area contributed by atoms with Crippen LogP contribution in [-0.2, 0) is 27.5 Å². The highest BCUT2D eigenvalue weighted by molar-refractivity contribution is 6.18. The number of halogens is 2. The van der Waals surface area contributed by atoms with Crippen LogP contribution >= 0.6 is 11.6 Å². The number of benzene rings is 5. The fourth-order valence-electron chi connectivity index (χ4n) is 10.3. The molecule has 0 spiro atoms. The van der Waals surface area contributed by atoms with Gasteiger partial charge in [-0.15, -0.1) is 18.2 Å². The molecule has 0 saturated heterocycles. The second-order valence-electron chi connectivity index (χ2n) is 17.6. The number of aliphatic hydroxyl groups is 2. The number of hydrogen-bond donors (Lipinski definition) is 2. The number of alkyl halides is 1. The molecule has 0 radical (unpaired) electrons. The molecule has 68 heavy (non-hydrogen) atoms. The average molecular weight is 944 g/mol. The standard InChI is InChI=1S/C56H60ClFN2O8/c1-2-32-65-56-52(60(55(63)64-33-29-57)37-39-19-23-44(58)24-20-39)36-50(59-66-38-40-13-5-3-6-14-40)48-34-43(17-9-11-30-61)47(18-10-12-31-62)53(54(48)56)49-35-46(27-28-51(49)68-56)67-45-25-21-42(22-26-45)41-15-7-4-8-16-41/h2-8,13-16,19-28,34-35,43,47,52-54,61-62H,1,9-12,17-18,29-33,36-38H2/t43-,47+,52-,53+,54+,56+/m0/s1. The summed E-state index contributed by atoms with van der Waals surface area (Å²) in [5.41, 5.74) is 6.22. The van der Waals surface area contributed by atoms with Crippen LogP contribution in [0, 0.1) is 23.6 Å². The van der Waals surface area contributed by atoms with Crippen molar-refractivity contribution in [3.8, 4) is 28.4 Å². The third-order valence-electron chi connectivity index (χ3n) is 13.3. The van der Waals surface area contributed by atoms with Gasteiger partial charge in [0.15, 0.2) is 0 Å². The Labute approximate surface area is 403 Å². The fraction of sp³-hybridized carbons (Fsp3) is 0.357. The van der Waals surface area contributed by atoms with Crippen molar-refractivity contribution >= 4 is 23.4 Å². The van der Waals surface area contributed by atoms with Gasteiger partial charge in [0.25, 0.3) is 0 Å². The van der Waals surface area contributed by atoms with E-state index in [0.717, 1.165) is 53.5 Å². The summed E-state index contributed by atoms with van der Waals surface area (Å²) < 4.78 is 41.3. The number of carbonyl (C=O) groups excluding carboxylic acids is 1. The molecule has 5 aromatic carbocycles. The number of aliphatic hydroxyl groups excluding tert-OH is 2. The number of carbonyl (C=O) groups is 1. The van der Waals surface area contributed by atoms with Gasteiger partial charge in [-0.3, -0.25) is 4.90 Å². The van der Waals surface area contributed by atoms with Gasteiger partial charge in [0.2, 0.25) is 5.79 Å². The summed E-state index contributed by atoms with van der Waals surface area (Å²) in [6.07, 6.45) is 7.84. The van der Waals surface area contributed by atoms with Crippen LogP contribution in [0.2, 0.25) is 0 Å². The number of fused-ring (bicyclic) bond motifs is 2. The molecule has 1 fully saturated rings. The Morgan fingerprint density at radius 2 is 1.54 bits per heavy atom. The SMILES string of the molecule is C=CCO[C@@]12Oc3ccc(Oc4ccc(-c5ccccc5)cc4)cc3[C@H]3[C@H](CCCCO)[C@@H](CCCCO)C=C(C(=NOCc4ccccc4)C[C@@H]1N(Cc1ccc(F)cc1)C(=O)OCCCl)[C@H]32. The summed E-state index contributed by atoms with van der Waals surface area (Å²) in [6.45, 7) is 4.45. The maximum absolute atomic E-state index is 14.6. The predicted molar refractivity (Wildman–Crippen MR) is 262 cm³/mol. The van der Waals surface area contributed by atoms with Gasteiger partial charge in [0, 0.05) is 37.7 Å². The van der Waals surface area contributed by atoms with E-state index in [1.165, 1.54) is 12.1 Å². The first kappa shape index (κ1) is 48.5. The Hall–Kier alpha value is -5.98. The second-order valence-corrected chi connectivity index (χ2v) is 18.0. The molecule has 6 atom stereocenters. The van der Waals surface area contributed by atoms with E-state index in [9.17, 15) is 19.4 Å². The van der Waals surface area contributed by atoms with Crippen molar-refractivity contribution in [2.45, 2.75) is 75.8 Å². The normalized spacial score (nSPS) is 22.0. The summed E-state index contributed by atoms with van der Waals surface area (Å²) in [4.78, 5) is 22.4. The Balaban J connectivity index is 1.30. The van der Waals surface area contributed by atoms with Gasteiger partial charge >= 0.3 is 6.09 Å². The van der Waals surface area contributed by atoms with E-state index in [4.69, 9.17) is 40.5 Å². The molecule has 2 N–H and O–H groups in total. The quantitative estimate of drug-likeness (QED) is 0.0305. The molecule has 1 amide bonds. The topological polar surface area (TPSA) is 119 Å². The molecule has 1 aliphatic heterocycles. The molecular formula is C56H60ClFN2O8. The van der Waals surface area contributed by atoms with Gasteiger partial charge in [-0.25, -0.2) is 9.18 Å². The van der Waals surface area contributed by atoms with Crippen LogP contribution in [-0.4, -0.2) is 71.1 Å². The lowest BCUT2D eigenvalue weighted by atomic mass is 9.55. The monoisotopic (exact) mass is 942 g/mol. The van der Waals surface area contributed by atoms with E-state index in [2.05, 4.69) is 30.9 Å². The largest absolute Gasteiger partial charge is 0.459 e. The Morgan fingerprint density at radius 1 is 0.853 bits per heavy atom. The number of unbranched alkanes of at least 4 members (excludes halogenated alkanes) is 2. The number of nitrogens with zero attached hydrogens (tertiary/aromatic N) is 2. The minimum atomic E-state index is -1.54. The molecule has 0 bridgehead atoms. The highest BCUT2D eigenvalue weighted by Gasteiger charge is 2.65. The van der Waals surface area contributed by atoms with Crippen LogP contribution in [0.15, 0.2) is 157 Å². The van der Waals surface area contributed by atoms with Crippen LogP contribution < -0.4 is 9.47 Å². The Bertz CT molecular complexity index is 2490. The molecule has 1 saturated carbocycles. The first-order valence-corrected chi connectivity index (χ1v) is 24.2. The lowest BCUT2D eigenvalue weighted by Crippen LogP contribution is -2.70. The number of allylic oxidation sites excluding steroid dienone is 1. The van der Waals surface area contributed by atoms with E-state index >= 15 is 0 Å². The number of rotatable bonds is 22. The van der Waals surface area contributed by atoms with Crippen LogP contribution in [0.4, 0.5) is 9.18 Å². The highest BCUT2D eigenvalue weighted by atomic mass is 35.5. The molecule has 10 nitrogen and oxygen atoms in total. The summed E-state index contributed by atoms with van der Waals surface area (Å²) in [5.74, 6) is -0.854. The van der Waals surface area contributed by atoms with Gasteiger partial charge in [0.05, 0.1) is 24.1 Å². The van der Waals surface area contributed by atoms with Gasteiger partial charge in [0.1, 0.15) is 42.3 Å². The van der Waals surface area contributed by atoms with E-state index in [1.807, 2.05) is 84.9 Å². The van der Waals surface area contributed by atoms with Crippen molar-refractivity contribution in [1.29, 1.82) is 0 Å². The van der Waals surface area contributed by atoms with E-state index in [0.29, 0.717) is 41.4 Å². The lowest BCUT2D eigenvalue weighted by molar-refractivity contribution is -0.256. The van der Waals surface area contributed by atoms with E-state index in [-0.39, 0.29) is 69.6 Å². The molecule has 12 heteroatoms. The van der Waals surface area contributed by atoms with Crippen molar-refractivity contribution in [2.24, 2.45) is 22.9 Å². The molecular weight excluding hydrogens is 883 g/mol. The molecule has 8 rings (SSSR count). The Kier molecular flexibility index (Phi) is 16.6. The van der Waals surface area contributed by atoms with Crippen LogP contribution in [0.5, 0.6) is 17.2 Å². The maximum atomic E-state index is 14.6.